The summed E-state index contributed by atoms with van der Waals surface area (Å²) in [4.78, 5) is 14.4. The highest BCUT2D eigenvalue weighted by molar-refractivity contribution is 7.99. The average molecular weight is 331 g/mol. The Morgan fingerprint density at radius 1 is 1.30 bits per heavy atom. The molecule has 0 spiro atoms. The lowest BCUT2D eigenvalue weighted by atomic mass is 10.1. The first-order valence-electron chi connectivity index (χ1n) is 7.71. The van der Waals surface area contributed by atoms with E-state index in [4.69, 9.17) is 4.42 Å². The number of benzene rings is 1. The molecule has 0 radical (unpaired) electrons. The molecule has 1 fully saturated rings. The number of nitrogens with one attached hydrogen (secondary N) is 2. The highest BCUT2D eigenvalue weighted by Crippen LogP contribution is 2.24. The van der Waals surface area contributed by atoms with Crippen LogP contribution in [-0.4, -0.2) is 30.6 Å². The summed E-state index contributed by atoms with van der Waals surface area (Å²) < 4.78 is 4.98. The molecule has 23 heavy (non-hydrogen) atoms. The van der Waals surface area contributed by atoms with Crippen molar-refractivity contribution in [2.24, 2.45) is 0 Å². The van der Waals surface area contributed by atoms with Gasteiger partial charge in [0, 0.05) is 48.1 Å². The average Bonchev–Trinajstić information content (AvgIpc) is 3.09. The first kappa shape index (κ1) is 15.8. The van der Waals surface area contributed by atoms with Crippen LogP contribution < -0.4 is 15.5 Å². The van der Waals surface area contributed by atoms with Gasteiger partial charge in [-0.1, -0.05) is 0 Å². The number of rotatable bonds is 4. The predicted octanol–water partition coefficient (Wildman–Crippen LogP) is 3.46. The van der Waals surface area contributed by atoms with Gasteiger partial charge < -0.3 is 20.0 Å². The van der Waals surface area contributed by atoms with Gasteiger partial charge in [-0.3, -0.25) is 0 Å². The number of carbonyl (C=O) groups is 1. The largest absolute Gasteiger partial charge is 0.472 e. The molecule has 5 nitrogen and oxygen atoms in total. The van der Waals surface area contributed by atoms with Crippen LogP contribution in [0.15, 0.2) is 41.2 Å². The van der Waals surface area contributed by atoms with Crippen LogP contribution in [0, 0.1) is 6.92 Å². The van der Waals surface area contributed by atoms with Gasteiger partial charge in [0.05, 0.1) is 12.5 Å². The Morgan fingerprint density at radius 2 is 2.13 bits per heavy atom. The summed E-state index contributed by atoms with van der Waals surface area (Å²) in [5.74, 6) is 2.35. The Kier molecular flexibility index (Phi) is 5.12. The molecule has 3 rings (SSSR count). The number of amides is 2. The summed E-state index contributed by atoms with van der Waals surface area (Å²) in [5.41, 5.74) is 4.08. The van der Waals surface area contributed by atoms with Gasteiger partial charge >= 0.3 is 6.03 Å². The maximum atomic E-state index is 12.0. The number of aryl methyl sites for hydroxylation is 1. The number of hydrogen-bond acceptors (Lipinski definition) is 4. The second-order valence-electron chi connectivity index (χ2n) is 5.54. The highest BCUT2D eigenvalue weighted by Gasteiger charge is 2.12. The minimum Gasteiger partial charge on any atom is -0.472 e. The zero-order chi connectivity index (χ0) is 16.1. The van der Waals surface area contributed by atoms with Crippen molar-refractivity contribution in [2.75, 3.05) is 34.8 Å². The molecular weight excluding hydrogens is 310 g/mol. The van der Waals surface area contributed by atoms with Crippen LogP contribution in [0.5, 0.6) is 0 Å². The van der Waals surface area contributed by atoms with E-state index in [2.05, 4.69) is 27.7 Å². The molecule has 1 saturated heterocycles. The first-order valence-corrected chi connectivity index (χ1v) is 8.87. The number of nitrogens with zero attached hydrogens (tertiary/aromatic N) is 1. The number of furan rings is 1. The predicted molar refractivity (Wildman–Crippen MR) is 95.3 cm³/mol. The van der Waals surface area contributed by atoms with Crippen molar-refractivity contribution in [1.29, 1.82) is 0 Å². The zero-order valence-electron chi connectivity index (χ0n) is 13.2. The lowest BCUT2D eigenvalue weighted by Crippen LogP contribution is -2.32. The Hall–Kier alpha value is -2.08. The Morgan fingerprint density at radius 3 is 2.83 bits per heavy atom. The van der Waals surface area contributed by atoms with E-state index in [0.29, 0.717) is 6.54 Å². The van der Waals surface area contributed by atoms with Gasteiger partial charge in [-0.2, -0.15) is 11.8 Å². The van der Waals surface area contributed by atoms with Crippen LogP contribution in [0.4, 0.5) is 16.2 Å². The molecule has 1 aromatic carbocycles. The van der Waals surface area contributed by atoms with Gasteiger partial charge in [-0.15, -0.1) is 0 Å². The van der Waals surface area contributed by atoms with Crippen LogP contribution in [0.2, 0.25) is 0 Å². The normalized spacial score (nSPS) is 14.6. The van der Waals surface area contributed by atoms with E-state index in [1.165, 1.54) is 17.2 Å². The van der Waals surface area contributed by atoms with E-state index < -0.39 is 0 Å². The minimum atomic E-state index is -0.212. The molecule has 2 heterocycles. The molecule has 0 bridgehead atoms. The molecule has 122 valence electrons. The fraction of sp³-hybridized carbons (Fsp3) is 0.353. The first-order chi connectivity index (χ1) is 11.2. The van der Waals surface area contributed by atoms with E-state index in [1.807, 2.05) is 30.8 Å². The fourth-order valence-electron chi connectivity index (χ4n) is 2.55. The topological polar surface area (TPSA) is 57.5 Å². The van der Waals surface area contributed by atoms with Crippen molar-refractivity contribution < 1.29 is 9.21 Å². The molecular formula is C17H21N3O2S. The van der Waals surface area contributed by atoms with Crippen LogP contribution in [-0.2, 0) is 6.54 Å². The number of carbonyl (C=O) groups excluding carboxylic acids is 1. The smallest absolute Gasteiger partial charge is 0.319 e. The maximum absolute atomic E-state index is 12.0. The third-order valence-corrected chi connectivity index (χ3v) is 4.81. The molecule has 2 N–H and O–H groups in total. The molecule has 0 saturated carbocycles. The summed E-state index contributed by atoms with van der Waals surface area (Å²) in [6.07, 6.45) is 3.22. The summed E-state index contributed by atoms with van der Waals surface area (Å²) in [7, 11) is 0. The second-order valence-corrected chi connectivity index (χ2v) is 6.76. The van der Waals surface area contributed by atoms with Gasteiger partial charge in [0.2, 0.25) is 0 Å². The Labute approximate surface area is 140 Å². The van der Waals surface area contributed by atoms with E-state index >= 15 is 0 Å². The van der Waals surface area contributed by atoms with Crippen LogP contribution in [0.25, 0.3) is 0 Å². The zero-order valence-corrected chi connectivity index (χ0v) is 14.0. The molecule has 2 aromatic rings. The Balaban J connectivity index is 1.58. The summed E-state index contributed by atoms with van der Waals surface area (Å²) >= 11 is 2.00. The molecule has 0 aliphatic carbocycles. The summed E-state index contributed by atoms with van der Waals surface area (Å²) in [5, 5.41) is 5.72. The van der Waals surface area contributed by atoms with Crippen molar-refractivity contribution in [2.45, 2.75) is 13.5 Å². The third kappa shape index (κ3) is 4.22. The molecule has 0 atom stereocenters. The monoisotopic (exact) mass is 331 g/mol. The van der Waals surface area contributed by atoms with Gasteiger partial charge in [0.1, 0.15) is 0 Å². The van der Waals surface area contributed by atoms with Gasteiger partial charge in [0.15, 0.2) is 0 Å². The van der Waals surface area contributed by atoms with E-state index in [-0.39, 0.29) is 6.03 Å². The molecule has 1 aliphatic rings. The number of urea groups is 1. The van der Waals surface area contributed by atoms with E-state index in [0.717, 1.165) is 29.9 Å². The fourth-order valence-corrected chi connectivity index (χ4v) is 3.45. The summed E-state index contributed by atoms with van der Waals surface area (Å²) in [6, 6.07) is 7.81. The van der Waals surface area contributed by atoms with Crippen LogP contribution in [0.3, 0.4) is 0 Å². The minimum absolute atomic E-state index is 0.212. The number of hydrogen-bond donors (Lipinski definition) is 2. The van der Waals surface area contributed by atoms with Crippen molar-refractivity contribution >= 4 is 29.2 Å². The molecule has 6 heteroatoms. The summed E-state index contributed by atoms with van der Waals surface area (Å²) in [6.45, 7) is 4.64. The quantitative estimate of drug-likeness (QED) is 0.901. The van der Waals surface area contributed by atoms with Gasteiger partial charge in [0.25, 0.3) is 0 Å². The molecule has 2 amide bonds. The van der Waals surface area contributed by atoms with E-state index in [9.17, 15) is 4.79 Å². The van der Waals surface area contributed by atoms with Crippen molar-refractivity contribution in [3.05, 3.63) is 47.9 Å². The van der Waals surface area contributed by atoms with Crippen molar-refractivity contribution in [3.63, 3.8) is 0 Å². The maximum Gasteiger partial charge on any atom is 0.319 e. The lowest BCUT2D eigenvalue weighted by Gasteiger charge is -2.29. The van der Waals surface area contributed by atoms with Gasteiger partial charge in [-0.25, -0.2) is 4.79 Å². The SMILES string of the molecule is Cc1cc(N2CCSCC2)ccc1NC(=O)NCc1ccoc1. The standard InChI is InChI=1S/C17H21N3O2S/c1-13-10-15(20-5-8-23-9-6-20)2-3-16(13)19-17(21)18-11-14-4-7-22-12-14/h2-4,7,10,12H,5-6,8-9,11H2,1H3,(H2,18,19,21). The van der Waals surface area contributed by atoms with Crippen molar-refractivity contribution in [3.8, 4) is 0 Å². The number of anilines is 2. The van der Waals surface area contributed by atoms with E-state index in [1.54, 1.807) is 12.5 Å². The van der Waals surface area contributed by atoms with Gasteiger partial charge in [-0.05, 0) is 36.8 Å². The lowest BCUT2D eigenvalue weighted by molar-refractivity contribution is 0.251. The third-order valence-electron chi connectivity index (χ3n) is 3.87. The van der Waals surface area contributed by atoms with Crippen LogP contribution in [0.1, 0.15) is 11.1 Å². The highest BCUT2D eigenvalue weighted by atomic mass is 32.2. The second kappa shape index (κ2) is 7.46. The molecule has 1 aromatic heterocycles. The Bertz CT molecular complexity index is 652. The number of thioether (sulfide) groups is 1. The molecule has 1 aliphatic heterocycles. The molecule has 0 unspecified atom stereocenters. The van der Waals surface area contributed by atoms with Crippen molar-refractivity contribution in [1.82, 2.24) is 5.32 Å². The van der Waals surface area contributed by atoms with Crippen LogP contribution >= 0.6 is 11.8 Å².